The number of nitrogens with zero attached hydrogens (tertiary/aromatic N) is 1. The van der Waals surface area contributed by atoms with Crippen LogP contribution in [0.25, 0.3) is 0 Å². The minimum Gasteiger partial charge on any atom is -0.373 e. The van der Waals surface area contributed by atoms with Gasteiger partial charge in [0, 0.05) is 6.04 Å². The van der Waals surface area contributed by atoms with Gasteiger partial charge in [-0.25, -0.2) is 0 Å². The number of ether oxygens (including phenoxy) is 1. The Hall–Kier alpha value is -0.900. The summed E-state index contributed by atoms with van der Waals surface area (Å²) in [5.74, 6) is -0.145. The molecule has 0 radical (unpaired) electrons. The molecule has 15 heavy (non-hydrogen) atoms. The maximum Gasteiger partial charge on any atom is 0.236 e. The van der Waals surface area contributed by atoms with Crippen molar-refractivity contribution in [1.82, 2.24) is 4.90 Å². The van der Waals surface area contributed by atoms with Gasteiger partial charge in [-0.05, 0) is 25.7 Å². The van der Waals surface area contributed by atoms with Gasteiger partial charge in [0.2, 0.25) is 11.8 Å². The molecule has 4 atom stereocenters. The molecular formula is C11H13NO3. The van der Waals surface area contributed by atoms with Gasteiger partial charge in [-0.15, -0.1) is 0 Å². The van der Waals surface area contributed by atoms with Gasteiger partial charge in [-0.2, -0.15) is 0 Å². The third-order valence-corrected chi connectivity index (χ3v) is 4.23. The molecule has 4 nitrogen and oxygen atoms in total. The van der Waals surface area contributed by atoms with Gasteiger partial charge in [0.05, 0.1) is 24.0 Å². The molecule has 0 aromatic rings. The zero-order valence-electron chi connectivity index (χ0n) is 8.39. The quantitative estimate of drug-likeness (QED) is 0.581. The van der Waals surface area contributed by atoms with Crippen molar-refractivity contribution in [2.75, 3.05) is 0 Å². The van der Waals surface area contributed by atoms with E-state index < -0.39 is 0 Å². The van der Waals surface area contributed by atoms with Crippen molar-refractivity contribution in [1.29, 1.82) is 0 Å². The number of amides is 2. The van der Waals surface area contributed by atoms with Gasteiger partial charge in [0.15, 0.2) is 0 Å². The first-order valence-electron chi connectivity index (χ1n) is 5.80. The summed E-state index contributed by atoms with van der Waals surface area (Å²) < 4.78 is 5.66. The molecule has 0 spiro atoms. The van der Waals surface area contributed by atoms with E-state index in [2.05, 4.69) is 0 Å². The maximum atomic E-state index is 12.1. The Bertz CT molecular complexity index is 335. The molecule has 1 aliphatic carbocycles. The van der Waals surface area contributed by atoms with Crippen LogP contribution < -0.4 is 0 Å². The molecule has 3 heterocycles. The van der Waals surface area contributed by atoms with Crippen molar-refractivity contribution in [3.05, 3.63) is 0 Å². The number of imide groups is 1. The zero-order chi connectivity index (χ0) is 10.2. The highest BCUT2D eigenvalue weighted by Crippen LogP contribution is 2.50. The lowest BCUT2D eigenvalue weighted by Crippen LogP contribution is -2.35. The van der Waals surface area contributed by atoms with Crippen LogP contribution in [0.5, 0.6) is 0 Å². The Morgan fingerprint density at radius 2 is 1.47 bits per heavy atom. The topological polar surface area (TPSA) is 46.6 Å². The van der Waals surface area contributed by atoms with Crippen LogP contribution in [-0.2, 0) is 14.3 Å². The van der Waals surface area contributed by atoms with Crippen LogP contribution in [0.2, 0.25) is 0 Å². The third kappa shape index (κ3) is 0.869. The maximum absolute atomic E-state index is 12.1. The smallest absolute Gasteiger partial charge is 0.236 e. The second-order valence-corrected chi connectivity index (χ2v) is 5.12. The Morgan fingerprint density at radius 1 is 0.933 bits per heavy atom. The van der Waals surface area contributed by atoms with Gasteiger partial charge in [-0.3, -0.25) is 14.5 Å². The second-order valence-electron chi connectivity index (χ2n) is 5.12. The predicted octanol–water partition coefficient (Wildman–Crippen LogP) is 0.311. The van der Waals surface area contributed by atoms with Gasteiger partial charge >= 0.3 is 0 Å². The third-order valence-electron chi connectivity index (χ3n) is 4.23. The Labute approximate surface area is 87.6 Å². The Morgan fingerprint density at radius 3 is 1.93 bits per heavy atom. The number of carbonyl (C=O) groups excluding carboxylic acids is 2. The van der Waals surface area contributed by atoms with Crippen LogP contribution in [0.15, 0.2) is 0 Å². The molecule has 80 valence electrons. The number of hydrogen-bond acceptors (Lipinski definition) is 3. The molecular weight excluding hydrogens is 194 g/mol. The Balaban J connectivity index is 1.74. The highest BCUT2D eigenvalue weighted by atomic mass is 16.5. The highest BCUT2D eigenvalue weighted by Gasteiger charge is 2.64. The number of hydrogen-bond donors (Lipinski definition) is 0. The monoisotopic (exact) mass is 207 g/mol. The lowest BCUT2D eigenvalue weighted by molar-refractivity contribution is -0.143. The zero-order valence-corrected chi connectivity index (χ0v) is 8.39. The highest BCUT2D eigenvalue weighted by molar-refractivity contribution is 6.06. The summed E-state index contributed by atoms with van der Waals surface area (Å²) in [5.41, 5.74) is 0. The van der Waals surface area contributed by atoms with Gasteiger partial charge < -0.3 is 4.74 Å². The first-order valence-corrected chi connectivity index (χ1v) is 5.80. The fourth-order valence-electron chi connectivity index (χ4n) is 3.43. The predicted molar refractivity (Wildman–Crippen MR) is 49.8 cm³/mol. The molecule has 0 aromatic carbocycles. The molecule has 2 bridgehead atoms. The van der Waals surface area contributed by atoms with Crippen LogP contribution in [-0.4, -0.2) is 35.0 Å². The second kappa shape index (κ2) is 2.43. The Kier molecular flexibility index (Phi) is 1.34. The normalized spacial score (nSPS) is 47.9. The number of likely N-dealkylation sites (tertiary alicyclic amines) is 1. The summed E-state index contributed by atoms with van der Waals surface area (Å²) in [7, 11) is 0. The molecule has 0 unspecified atom stereocenters. The van der Waals surface area contributed by atoms with Crippen LogP contribution >= 0.6 is 0 Å². The van der Waals surface area contributed by atoms with Crippen molar-refractivity contribution in [3.63, 3.8) is 0 Å². The van der Waals surface area contributed by atoms with Crippen LogP contribution in [0, 0.1) is 11.8 Å². The van der Waals surface area contributed by atoms with Crippen LogP contribution in [0.3, 0.4) is 0 Å². The number of carbonyl (C=O) groups is 2. The molecule has 3 aliphatic heterocycles. The summed E-state index contributed by atoms with van der Waals surface area (Å²) >= 11 is 0. The SMILES string of the molecule is O=C1[C@@H]2[C@H](C(=O)N1C1CC1)[C@H]1CC[C@H]2O1. The van der Waals surface area contributed by atoms with Crippen molar-refractivity contribution in [2.24, 2.45) is 11.8 Å². The van der Waals surface area contributed by atoms with E-state index in [1.54, 1.807) is 4.90 Å². The van der Waals surface area contributed by atoms with Gasteiger partial charge in [0.25, 0.3) is 0 Å². The van der Waals surface area contributed by atoms with Crippen molar-refractivity contribution in [2.45, 2.75) is 43.9 Å². The molecule has 4 aliphatic rings. The molecule has 4 fully saturated rings. The number of fused-ring (bicyclic) bond motifs is 5. The van der Waals surface area contributed by atoms with E-state index in [4.69, 9.17) is 4.74 Å². The van der Waals surface area contributed by atoms with Gasteiger partial charge in [-0.1, -0.05) is 0 Å². The first kappa shape index (κ1) is 8.28. The first-order chi connectivity index (χ1) is 7.27. The molecule has 4 heteroatoms. The minimum atomic E-state index is -0.128. The van der Waals surface area contributed by atoms with Gasteiger partial charge in [0.1, 0.15) is 0 Å². The lowest BCUT2D eigenvalue weighted by Gasteiger charge is -2.16. The molecule has 0 N–H and O–H groups in total. The minimum absolute atomic E-state index is 0.0419. The fraction of sp³-hybridized carbons (Fsp3) is 0.818. The van der Waals surface area contributed by atoms with E-state index >= 15 is 0 Å². The van der Waals surface area contributed by atoms with Crippen LogP contribution in [0.4, 0.5) is 0 Å². The summed E-state index contributed by atoms with van der Waals surface area (Å²) in [6.45, 7) is 0. The largest absolute Gasteiger partial charge is 0.373 e. The fourth-order valence-corrected chi connectivity index (χ4v) is 3.43. The van der Waals surface area contributed by atoms with Crippen molar-refractivity contribution < 1.29 is 14.3 Å². The van der Waals surface area contributed by atoms with E-state index in [1.807, 2.05) is 0 Å². The summed E-state index contributed by atoms with van der Waals surface area (Å²) in [6.07, 6.45) is 4.02. The van der Waals surface area contributed by atoms with E-state index in [0.717, 1.165) is 25.7 Å². The molecule has 2 amide bonds. The van der Waals surface area contributed by atoms with Crippen molar-refractivity contribution in [3.8, 4) is 0 Å². The summed E-state index contributed by atoms with van der Waals surface area (Å²) in [6, 6.07) is 0.231. The van der Waals surface area contributed by atoms with E-state index in [1.165, 1.54) is 0 Å². The van der Waals surface area contributed by atoms with E-state index in [-0.39, 0.29) is 41.9 Å². The lowest BCUT2D eigenvalue weighted by atomic mass is 9.81. The van der Waals surface area contributed by atoms with Crippen LogP contribution in [0.1, 0.15) is 25.7 Å². The standard InChI is InChI=1S/C11H13NO3/c13-10-8-6-3-4-7(15-6)9(8)11(14)12(10)5-1-2-5/h5-9H,1-4H2/t6-,7-,8-,9+/m1/s1. The summed E-state index contributed by atoms with van der Waals surface area (Å²) in [5, 5.41) is 0. The molecule has 1 saturated carbocycles. The van der Waals surface area contributed by atoms with E-state index in [9.17, 15) is 9.59 Å². The number of rotatable bonds is 1. The summed E-state index contributed by atoms with van der Waals surface area (Å²) in [4.78, 5) is 25.7. The van der Waals surface area contributed by atoms with E-state index in [0.29, 0.717) is 0 Å². The molecule has 0 aromatic heterocycles. The van der Waals surface area contributed by atoms with Crippen molar-refractivity contribution >= 4 is 11.8 Å². The molecule has 3 saturated heterocycles. The average Bonchev–Trinajstić information content (AvgIpc) is 2.75. The molecule has 4 rings (SSSR count). The average molecular weight is 207 g/mol.